The molecule has 1 heterocycles. The first-order valence-electron chi connectivity index (χ1n) is 5.97. The number of carbonyl (C=O) groups excluding carboxylic acids is 1. The predicted octanol–water partition coefficient (Wildman–Crippen LogP) is 3.33. The molecule has 0 saturated heterocycles. The van der Waals surface area contributed by atoms with Crippen LogP contribution in [0.2, 0.25) is 0 Å². The van der Waals surface area contributed by atoms with Crippen molar-refractivity contribution in [2.75, 3.05) is 0 Å². The first-order chi connectivity index (χ1) is 7.66. The summed E-state index contributed by atoms with van der Waals surface area (Å²) in [5, 5.41) is 2.92. The Morgan fingerprint density at radius 1 is 1.19 bits per heavy atom. The summed E-state index contributed by atoms with van der Waals surface area (Å²) in [6, 6.07) is 0. The van der Waals surface area contributed by atoms with Crippen LogP contribution in [0.15, 0.2) is 36.6 Å². The highest BCUT2D eigenvalue weighted by Gasteiger charge is 2.44. The molecular formula is C14H21NO. The number of rotatable bonds is 6. The minimum atomic E-state index is -0.366. The zero-order valence-corrected chi connectivity index (χ0v) is 10.3. The summed E-state index contributed by atoms with van der Waals surface area (Å²) in [4.78, 5) is 12.2. The van der Waals surface area contributed by atoms with Crippen molar-refractivity contribution < 1.29 is 4.79 Å². The summed E-state index contributed by atoms with van der Waals surface area (Å²) in [6.45, 7) is 11.8. The van der Waals surface area contributed by atoms with Gasteiger partial charge < -0.3 is 5.32 Å². The summed E-state index contributed by atoms with van der Waals surface area (Å²) in [6.07, 6.45) is 7.27. The van der Waals surface area contributed by atoms with Gasteiger partial charge in [0.05, 0.1) is 5.41 Å². The van der Waals surface area contributed by atoms with Crippen LogP contribution in [-0.4, -0.2) is 5.91 Å². The van der Waals surface area contributed by atoms with Crippen molar-refractivity contribution in [3.05, 3.63) is 36.6 Å². The molecule has 2 nitrogen and oxygen atoms in total. The van der Waals surface area contributed by atoms with E-state index in [1.807, 2.05) is 0 Å². The van der Waals surface area contributed by atoms with Crippen LogP contribution in [0, 0.1) is 5.41 Å². The third kappa shape index (κ3) is 1.84. The molecule has 0 unspecified atom stereocenters. The molecule has 1 amide bonds. The van der Waals surface area contributed by atoms with Crippen LogP contribution in [0.1, 0.15) is 39.5 Å². The Morgan fingerprint density at radius 3 is 2.12 bits per heavy atom. The smallest absolute Gasteiger partial charge is 0.235 e. The largest absolute Gasteiger partial charge is 0.325 e. The second-order valence-electron chi connectivity index (χ2n) is 4.27. The van der Waals surface area contributed by atoms with E-state index in [4.69, 9.17) is 0 Å². The van der Waals surface area contributed by atoms with Crippen molar-refractivity contribution in [3.8, 4) is 0 Å². The van der Waals surface area contributed by atoms with Gasteiger partial charge in [0.2, 0.25) is 5.91 Å². The first-order valence-corrected chi connectivity index (χ1v) is 5.97. The quantitative estimate of drug-likeness (QED) is 0.729. The van der Waals surface area contributed by atoms with E-state index >= 15 is 0 Å². The van der Waals surface area contributed by atoms with Crippen molar-refractivity contribution in [2.45, 2.75) is 39.5 Å². The molecule has 0 atom stereocenters. The maximum absolute atomic E-state index is 12.2. The zero-order chi connectivity index (χ0) is 12.2. The molecule has 16 heavy (non-hydrogen) atoms. The average Bonchev–Trinajstić information content (AvgIpc) is 2.53. The number of amides is 1. The van der Waals surface area contributed by atoms with Gasteiger partial charge in [-0.1, -0.05) is 45.9 Å². The second kappa shape index (κ2) is 5.15. The fourth-order valence-electron chi connectivity index (χ4n) is 2.63. The van der Waals surface area contributed by atoms with E-state index in [2.05, 4.69) is 32.3 Å². The highest BCUT2D eigenvalue weighted by Crippen LogP contribution is 2.43. The van der Waals surface area contributed by atoms with Crippen LogP contribution in [0.25, 0.3) is 0 Å². The van der Waals surface area contributed by atoms with Crippen LogP contribution in [0.3, 0.4) is 0 Å². The van der Waals surface area contributed by atoms with Crippen molar-refractivity contribution in [1.82, 2.24) is 5.32 Å². The van der Waals surface area contributed by atoms with E-state index in [1.54, 1.807) is 12.2 Å². The Morgan fingerprint density at radius 2 is 1.75 bits per heavy atom. The molecule has 0 bridgehead atoms. The Hall–Kier alpha value is -1.31. The fraction of sp³-hybridized carbons (Fsp3) is 0.500. The standard InChI is InChI=1S/C14H21NO/c1-5-9-14(10-6-2)11(7-3)12(8-4)15-13(14)16/h7-8H,3-6,9-10H2,1-2H3,(H,15,16). The van der Waals surface area contributed by atoms with E-state index in [9.17, 15) is 4.79 Å². The molecule has 0 radical (unpaired) electrons. The summed E-state index contributed by atoms with van der Waals surface area (Å²) < 4.78 is 0. The maximum Gasteiger partial charge on any atom is 0.235 e. The van der Waals surface area contributed by atoms with E-state index in [1.165, 1.54) is 0 Å². The Labute approximate surface area is 98.1 Å². The van der Waals surface area contributed by atoms with Crippen molar-refractivity contribution in [2.24, 2.45) is 5.41 Å². The molecule has 1 rings (SSSR count). The minimum absolute atomic E-state index is 0.112. The lowest BCUT2D eigenvalue weighted by molar-refractivity contribution is -0.127. The molecule has 0 aliphatic carbocycles. The Kier molecular flexibility index (Phi) is 4.11. The third-order valence-electron chi connectivity index (χ3n) is 3.25. The molecule has 0 spiro atoms. The highest BCUT2D eigenvalue weighted by atomic mass is 16.2. The van der Waals surface area contributed by atoms with E-state index in [0.717, 1.165) is 37.0 Å². The monoisotopic (exact) mass is 219 g/mol. The minimum Gasteiger partial charge on any atom is -0.325 e. The molecule has 88 valence electrons. The average molecular weight is 219 g/mol. The van der Waals surface area contributed by atoms with Crippen LogP contribution in [0.4, 0.5) is 0 Å². The fourth-order valence-corrected chi connectivity index (χ4v) is 2.63. The van der Waals surface area contributed by atoms with Gasteiger partial charge in [0, 0.05) is 5.70 Å². The van der Waals surface area contributed by atoms with Gasteiger partial charge in [-0.3, -0.25) is 4.79 Å². The molecule has 0 fully saturated rings. The van der Waals surface area contributed by atoms with Crippen molar-refractivity contribution in [1.29, 1.82) is 0 Å². The van der Waals surface area contributed by atoms with Gasteiger partial charge in [-0.15, -0.1) is 0 Å². The second-order valence-corrected chi connectivity index (χ2v) is 4.27. The molecule has 1 aliphatic heterocycles. The first kappa shape index (κ1) is 12.8. The molecule has 2 heteroatoms. The lowest BCUT2D eigenvalue weighted by Gasteiger charge is -2.27. The van der Waals surface area contributed by atoms with Gasteiger partial charge in [0.25, 0.3) is 0 Å². The van der Waals surface area contributed by atoms with E-state index < -0.39 is 0 Å². The normalized spacial score (nSPS) is 18.5. The molecule has 0 aromatic heterocycles. The van der Waals surface area contributed by atoms with Gasteiger partial charge >= 0.3 is 0 Å². The lowest BCUT2D eigenvalue weighted by atomic mass is 9.73. The van der Waals surface area contributed by atoms with Gasteiger partial charge in [-0.25, -0.2) is 0 Å². The van der Waals surface area contributed by atoms with Crippen molar-refractivity contribution in [3.63, 3.8) is 0 Å². The summed E-state index contributed by atoms with van der Waals surface area (Å²) in [5.41, 5.74) is 1.49. The van der Waals surface area contributed by atoms with Crippen molar-refractivity contribution >= 4 is 5.91 Å². The molecule has 0 saturated carbocycles. The lowest BCUT2D eigenvalue weighted by Crippen LogP contribution is -2.34. The van der Waals surface area contributed by atoms with Gasteiger partial charge in [0.15, 0.2) is 0 Å². The van der Waals surface area contributed by atoms with Gasteiger partial charge in [-0.05, 0) is 24.5 Å². The number of carbonyl (C=O) groups is 1. The molecule has 1 aliphatic rings. The molecule has 0 aromatic carbocycles. The third-order valence-corrected chi connectivity index (χ3v) is 3.25. The van der Waals surface area contributed by atoms with Crippen LogP contribution in [-0.2, 0) is 4.79 Å². The van der Waals surface area contributed by atoms with Crippen LogP contribution < -0.4 is 5.32 Å². The summed E-state index contributed by atoms with van der Waals surface area (Å²) in [7, 11) is 0. The van der Waals surface area contributed by atoms with E-state index in [-0.39, 0.29) is 11.3 Å². The number of hydrogen-bond donors (Lipinski definition) is 1. The predicted molar refractivity (Wildman–Crippen MR) is 67.8 cm³/mol. The Bertz CT molecular complexity index is 333. The summed E-state index contributed by atoms with van der Waals surface area (Å²) in [5.74, 6) is 0.112. The maximum atomic E-state index is 12.2. The molecule has 0 aromatic rings. The number of allylic oxidation sites excluding steroid dienone is 2. The number of hydrogen-bond acceptors (Lipinski definition) is 1. The Balaban J connectivity index is 3.22. The highest BCUT2D eigenvalue weighted by molar-refractivity contribution is 5.92. The van der Waals surface area contributed by atoms with Crippen LogP contribution >= 0.6 is 0 Å². The van der Waals surface area contributed by atoms with Crippen LogP contribution in [0.5, 0.6) is 0 Å². The van der Waals surface area contributed by atoms with E-state index in [0.29, 0.717) is 0 Å². The molecule has 1 N–H and O–H groups in total. The SMILES string of the molecule is C=CC1=C(C=C)C(CCC)(CCC)C(=O)N1. The summed E-state index contributed by atoms with van der Waals surface area (Å²) >= 11 is 0. The zero-order valence-electron chi connectivity index (χ0n) is 10.3. The van der Waals surface area contributed by atoms with Gasteiger partial charge in [-0.2, -0.15) is 0 Å². The van der Waals surface area contributed by atoms with Gasteiger partial charge in [0.1, 0.15) is 0 Å². The topological polar surface area (TPSA) is 29.1 Å². The number of nitrogens with one attached hydrogen (secondary N) is 1. The molecular weight excluding hydrogens is 198 g/mol.